The van der Waals surface area contributed by atoms with Crippen LogP contribution in [-0.2, 0) is 11.2 Å². The predicted molar refractivity (Wildman–Crippen MR) is 71.4 cm³/mol. The van der Waals surface area contributed by atoms with E-state index in [2.05, 4.69) is 10.3 Å². The number of hydrogen-bond donors (Lipinski definition) is 1. The number of nitrogens with one attached hydrogen (secondary N) is 1. The SMILES string of the molecule is CCN(CC)C(=O)CNCCc1scnc1C. The Morgan fingerprint density at radius 2 is 2.18 bits per heavy atom. The monoisotopic (exact) mass is 255 g/mol. The van der Waals surface area contributed by atoms with Gasteiger partial charge in [0.2, 0.25) is 5.91 Å². The first-order valence-corrected chi connectivity index (χ1v) is 6.94. The molecule has 0 aliphatic carbocycles. The number of carbonyl (C=O) groups excluding carboxylic acids is 1. The summed E-state index contributed by atoms with van der Waals surface area (Å²) in [5.74, 6) is 0.177. The first-order chi connectivity index (χ1) is 8.19. The van der Waals surface area contributed by atoms with Crippen LogP contribution in [0, 0.1) is 6.92 Å². The maximum Gasteiger partial charge on any atom is 0.236 e. The number of thiazole rings is 1. The van der Waals surface area contributed by atoms with Gasteiger partial charge < -0.3 is 10.2 Å². The Balaban J connectivity index is 2.20. The van der Waals surface area contributed by atoms with Gasteiger partial charge in [0.05, 0.1) is 17.7 Å². The molecule has 1 rings (SSSR count). The fourth-order valence-corrected chi connectivity index (χ4v) is 2.43. The molecule has 1 N–H and O–H groups in total. The Labute approximate surface area is 107 Å². The van der Waals surface area contributed by atoms with E-state index in [1.165, 1.54) is 4.88 Å². The molecule has 96 valence electrons. The van der Waals surface area contributed by atoms with Crippen molar-refractivity contribution in [1.29, 1.82) is 0 Å². The molecule has 0 fully saturated rings. The lowest BCUT2D eigenvalue weighted by molar-refractivity contribution is -0.129. The molecule has 4 nitrogen and oxygen atoms in total. The minimum Gasteiger partial charge on any atom is -0.342 e. The lowest BCUT2D eigenvalue weighted by atomic mass is 10.3. The van der Waals surface area contributed by atoms with Gasteiger partial charge in [-0.05, 0) is 27.2 Å². The van der Waals surface area contributed by atoms with Crippen LogP contribution in [0.25, 0.3) is 0 Å². The molecule has 5 heteroatoms. The molecule has 17 heavy (non-hydrogen) atoms. The molecule has 1 aromatic heterocycles. The maximum atomic E-state index is 11.7. The minimum absolute atomic E-state index is 0.177. The minimum atomic E-state index is 0.177. The Bertz CT molecular complexity index is 347. The van der Waals surface area contributed by atoms with Crippen molar-refractivity contribution in [2.45, 2.75) is 27.2 Å². The van der Waals surface area contributed by atoms with Crippen molar-refractivity contribution in [3.63, 3.8) is 0 Å². The van der Waals surface area contributed by atoms with E-state index in [-0.39, 0.29) is 5.91 Å². The van der Waals surface area contributed by atoms with Gasteiger partial charge in [-0.3, -0.25) is 4.79 Å². The molecule has 0 radical (unpaired) electrons. The largest absolute Gasteiger partial charge is 0.342 e. The first-order valence-electron chi connectivity index (χ1n) is 6.06. The number of likely N-dealkylation sites (N-methyl/N-ethyl adjacent to an activating group) is 1. The highest BCUT2D eigenvalue weighted by Crippen LogP contribution is 2.11. The Kier molecular flexibility index (Phi) is 6.15. The van der Waals surface area contributed by atoms with E-state index in [1.54, 1.807) is 11.3 Å². The van der Waals surface area contributed by atoms with Crippen LogP contribution in [0.5, 0.6) is 0 Å². The second-order valence-electron chi connectivity index (χ2n) is 3.85. The molecule has 1 aromatic rings. The third-order valence-electron chi connectivity index (χ3n) is 2.77. The predicted octanol–water partition coefficient (Wildman–Crippen LogP) is 1.45. The highest BCUT2D eigenvalue weighted by Gasteiger charge is 2.08. The molecule has 0 saturated carbocycles. The van der Waals surface area contributed by atoms with Gasteiger partial charge in [-0.1, -0.05) is 0 Å². The second-order valence-corrected chi connectivity index (χ2v) is 4.79. The van der Waals surface area contributed by atoms with Crippen molar-refractivity contribution >= 4 is 17.2 Å². The molecule has 0 aromatic carbocycles. The molecule has 0 aliphatic heterocycles. The van der Waals surface area contributed by atoms with E-state index < -0.39 is 0 Å². The van der Waals surface area contributed by atoms with E-state index in [4.69, 9.17) is 0 Å². The van der Waals surface area contributed by atoms with E-state index in [9.17, 15) is 4.79 Å². The van der Waals surface area contributed by atoms with Crippen molar-refractivity contribution in [3.8, 4) is 0 Å². The summed E-state index contributed by atoms with van der Waals surface area (Å²) in [7, 11) is 0. The summed E-state index contributed by atoms with van der Waals surface area (Å²) >= 11 is 1.68. The van der Waals surface area contributed by atoms with Crippen molar-refractivity contribution in [2.24, 2.45) is 0 Å². The molecule has 0 unspecified atom stereocenters. The molecule has 0 bridgehead atoms. The molecular formula is C12H21N3OS. The topological polar surface area (TPSA) is 45.2 Å². The van der Waals surface area contributed by atoms with Crippen LogP contribution in [0.15, 0.2) is 5.51 Å². The first kappa shape index (κ1) is 14.1. The van der Waals surface area contributed by atoms with Crippen molar-refractivity contribution in [3.05, 3.63) is 16.1 Å². The number of hydrogen-bond acceptors (Lipinski definition) is 4. The van der Waals surface area contributed by atoms with Gasteiger partial charge in [0.15, 0.2) is 0 Å². The fraction of sp³-hybridized carbons (Fsp3) is 0.667. The summed E-state index contributed by atoms with van der Waals surface area (Å²) in [5, 5.41) is 3.19. The summed E-state index contributed by atoms with van der Waals surface area (Å²) in [5.41, 5.74) is 2.97. The average molecular weight is 255 g/mol. The highest BCUT2D eigenvalue weighted by atomic mass is 32.1. The number of rotatable bonds is 7. The van der Waals surface area contributed by atoms with Gasteiger partial charge >= 0.3 is 0 Å². The van der Waals surface area contributed by atoms with Gasteiger partial charge in [0.1, 0.15) is 0 Å². The molecule has 0 saturated heterocycles. The average Bonchev–Trinajstić information content (AvgIpc) is 2.72. The van der Waals surface area contributed by atoms with E-state index >= 15 is 0 Å². The van der Waals surface area contributed by atoms with Crippen molar-refractivity contribution < 1.29 is 4.79 Å². The summed E-state index contributed by atoms with van der Waals surface area (Å²) in [6.45, 7) is 8.85. The van der Waals surface area contributed by atoms with Crippen LogP contribution < -0.4 is 5.32 Å². The Morgan fingerprint density at radius 3 is 2.71 bits per heavy atom. The van der Waals surface area contributed by atoms with Crippen LogP contribution in [0.3, 0.4) is 0 Å². The molecule has 1 heterocycles. The number of amides is 1. The highest BCUT2D eigenvalue weighted by molar-refractivity contribution is 7.09. The molecule has 1 amide bonds. The number of aromatic nitrogens is 1. The molecule has 0 aliphatic rings. The van der Waals surface area contributed by atoms with E-state index in [0.29, 0.717) is 6.54 Å². The van der Waals surface area contributed by atoms with Gasteiger partial charge in [-0.15, -0.1) is 11.3 Å². The van der Waals surface area contributed by atoms with E-state index in [1.807, 2.05) is 31.2 Å². The second kappa shape index (κ2) is 7.40. The van der Waals surface area contributed by atoms with Crippen LogP contribution in [0.4, 0.5) is 0 Å². The van der Waals surface area contributed by atoms with Crippen molar-refractivity contribution in [1.82, 2.24) is 15.2 Å². The smallest absolute Gasteiger partial charge is 0.236 e. The zero-order valence-corrected chi connectivity index (χ0v) is 11.6. The quantitative estimate of drug-likeness (QED) is 0.750. The number of nitrogens with zero attached hydrogens (tertiary/aromatic N) is 2. The Morgan fingerprint density at radius 1 is 1.47 bits per heavy atom. The van der Waals surface area contributed by atoms with Gasteiger partial charge in [0.25, 0.3) is 0 Å². The van der Waals surface area contributed by atoms with E-state index in [0.717, 1.165) is 31.7 Å². The van der Waals surface area contributed by atoms with Gasteiger partial charge in [0, 0.05) is 24.5 Å². The van der Waals surface area contributed by atoms with Crippen LogP contribution in [0.2, 0.25) is 0 Å². The summed E-state index contributed by atoms with van der Waals surface area (Å²) in [4.78, 5) is 19.0. The number of aryl methyl sites for hydroxylation is 1. The van der Waals surface area contributed by atoms with Crippen LogP contribution in [-0.4, -0.2) is 42.0 Å². The van der Waals surface area contributed by atoms with Gasteiger partial charge in [-0.2, -0.15) is 0 Å². The molecule has 0 spiro atoms. The summed E-state index contributed by atoms with van der Waals surface area (Å²) in [6, 6.07) is 0. The van der Waals surface area contributed by atoms with Crippen molar-refractivity contribution in [2.75, 3.05) is 26.2 Å². The zero-order valence-electron chi connectivity index (χ0n) is 10.8. The molecular weight excluding hydrogens is 234 g/mol. The summed E-state index contributed by atoms with van der Waals surface area (Å²) < 4.78 is 0. The number of carbonyl (C=O) groups is 1. The van der Waals surface area contributed by atoms with Gasteiger partial charge in [-0.25, -0.2) is 4.98 Å². The summed E-state index contributed by atoms with van der Waals surface area (Å²) in [6.07, 6.45) is 0.946. The zero-order chi connectivity index (χ0) is 12.7. The fourth-order valence-electron chi connectivity index (χ4n) is 1.65. The lowest BCUT2D eigenvalue weighted by Crippen LogP contribution is -2.38. The van der Waals surface area contributed by atoms with Crippen LogP contribution >= 0.6 is 11.3 Å². The normalized spacial score (nSPS) is 10.5. The Hall–Kier alpha value is -0.940. The standard InChI is InChI=1S/C12H21N3OS/c1-4-15(5-2)12(16)8-13-7-6-11-10(3)14-9-17-11/h9,13H,4-8H2,1-3H3. The maximum absolute atomic E-state index is 11.7. The molecule has 0 atom stereocenters. The lowest BCUT2D eigenvalue weighted by Gasteiger charge is -2.18. The van der Waals surface area contributed by atoms with Crippen LogP contribution in [0.1, 0.15) is 24.4 Å². The third kappa shape index (κ3) is 4.44. The third-order valence-corrected chi connectivity index (χ3v) is 3.76.